The third-order valence-corrected chi connectivity index (χ3v) is 6.62. The summed E-state index contributed by atoms with van der Waals surface area (Å²) in [4.78, 5) is 16.5. The van der Waals surface area contributed by atoms with E-state index in [2.05, 4.69) is 10.3 Å². The standard InChI is InChI=1S/C16H15N3O3S2/c1-19(24(21,22)16-8-4-10-23-16)11-15(20)18-14-7-2-6-13-12(14)5-3-9-17-13/h2-10H,11H2,1H3,(H,18,20). The van der Waals surface area contributed by atoms with Crippen molar-refractivity contribution in [2.45, 2.75) is 4.21 Å². The molecule has 8 heteroatoms. The summed E-state index contributed by atoms with van der Waals surface area (Å²) in [7, 11) is -2.26. The number of rotatable bonds is 5. The summed E-state index contributed by atoms with van der Waals surface area (Å²) in [5, 5.41) is 5.24. The number of anilines is 1. The average Bonchev–Trinajstić information content (AvgIpc) is 3.10. The summed E-state index contributed by atoms with van der Waals surface area (Å²) in [6, 6.07) is 12.2. The van der Waals surface area contributed by atoms with E-state index < -0.39 is 15.9 Å². The van der Waals surface area contributed by atoms with E-state index in [1.54, 1.807) is 35.8 Å². The molecule has 1 N–H and O–H groups in total. The molecule has 0 bridgehead atoms. The minimum absolute atomic E-state index is 0.215. The zero-order valence-electron chi connectivity index (χ0n) is 12.8. The third kappa shape index (κ3) is 3.30. The Balaban J connectivity index is 1.76. The van der Waals surface area contributed by atoms with Crippen LogP contribution < -0.4 is 5.32 Å². The first kappa shape index (κ1) is 16.6. The van der Waals surface area contributed by atoms with Crippen molar-refractivity contribution in [3.05, 3.63) is 54.0 Å². The van der Waals surface area contributed by atoms with Crippen LogP contribution in [-0.4, -0.2) is 37.2 Å². The van der Waals surface area contributed by atoms with Crippen LogP contribution in [0.2, 0.25) is 0 Å². The van der Waals surface area contributed by atoms with Crippen LogP contribution in [0.1, 0.15) is 0 Å². The lowest BCUT2D eigenvalue weighted by molar-refractivity contribution is -0.116. The van der Waals surface area contributed by atoms with Gasteiger partial charge in [0, 0.05) is 18.6 Å². The monoisotopic (exact) mass is 361 g/mol. The van der Waals surface area contributed by atoms with Crippen LogP contribution in [0.5, 0.6) is 0 Å². The zero-order chi connectivity index (χ0) is 17.2. The molecule has 0 saturated heterocycles. The first-order chi connectivity index (χ1) is 11.5. The Kier molecular flexibility index (Phi) is 4.61. The van der Waals surface area contributed by atoms with Gasteiger partial charge >= 0.3 is 0 Å². The highest BCUT2D eigenvalue weighted by molar-refractivity contribution is 7.91. The largest absolute Gasteiger partial charge is 0.324 e. The Labute approximate surface area is 143 Å². The number of aromatic nitrogens is 1. The number of carbonyl (C=O) groups excluding carboxylic acids is 1. The molecule has 0 aliphatic carbocycles. The SMILES string of the molecule is CN(CC(=O)Nc1cccc2ncccc12)S(=O)(=O)c1cccs1. The lowest BCUT2D eigenvalue weighted by Crippen LogP contribution is -2.34. The highest BCUT2D eigenvalue weighted by atomic mass is 32.2. The van der Waals surface area contributed by atoms with Gasteiger partial charge in [0.2, 0.25) is 5.91 Å². The number of fused-ring (bicyclic) bond motifs is 1. The van der Waals surface area contributed by atoms with E-state index in [1.165, 1.54) is 13.1 Å². The molecular weight excluding hydrogens is 346 g/mol. The first-order valence-electron chi connectivity index (χ1n) is 7.12. The van der Waals surface area contributed by atoms with E-state index in [0.717, 1.165) is 26.5 Å². The number of sulfonamides is 1. The summed E-state index contributed by atoms with van der Waals surface area (Å²) >= 11 is 1.12. The van der Waals surface area contributed by atoms with Crippen LogP contribution in [-0.2, 0) is 14.8 Å². The Morgan fingerprint density at radius 2 is 2.04 bits per heavy atom. The molecule has 24 heavy (non-hydrogen) atoms. The highest BCUT2D eigenvalue weighted by Crippen LogP contribution is 2.22. The molecule has 0 atom stereocenters. The summed E-state index contributed by atoms with van der Waals surface area (Å²) < 4.78 is 25.9. The van der Waals surface area contributed by atoms with Crippen molar-refractivity contribution in [3.63, 3.8) is 0 Å². The maximum absolute atomic E-state index is 12.3. The lowest BCUT2D eigenvalue weighted by atomic mass is 10.2. The van der Waals surface area contributed by atoms with E-state index >= 15 is 0 Å². The van der Waals surface area contributed by atoms with E-state index in [4.69, 9.17) is 0 Å². The Bertz CT molecular complexity index is 964. The van der Waals surface area contributed by atoms with Crippen molar-refractivity contribution in [3.8, 4) is 0 Å². The van der Waals surface area contributed by atoms with E-state index in [1.807, 2.05) is 12.1 Å². The lowest BCUT2D eigenvalue weighted by Gasteiger charge is -2.16. The summed E-state index contributed by atoms with van der Waals surface area (Å²) in [5.41, 5.74) is 1.36. The topological polar surface area (TPSA) is 79.4 Å². The molecule has 0 radical (unpaired) electrons. The number of nitrogens with one attached hydrogen (secondary N) is 1. The minimum atomic E-state index is -3.65. The molecule has 0 aliphatic heterocycles. The molecular formula is C16H15N3O3S2. The normalized spacial score (nSPS) is 11.8. The van der Waals surface area contributed by atoms with Gasteiger partial charge in [-0.1, -0.05) is 12.1 Å². The van der Waals surface area contributed by atoms with E-state index in [0.29, 0.717) is 5.69 Å². The van der Waals surface area contributed by atoms with Gasteiger partial charge in [-0.3, -0.25) is 9.78 Å². The van der Waals surface area contributed by atoms with Crippen LogP contribution in [0.4, 0.5) is 5.69 Å². The van der Waals surface area contributed by atoms with Crippen LogP contribution >= 0.6 is 11.3 Å². The summed E-state index contributed by atoms with van der Waals surface area (Å²) in [5.74, 6) is -0.408. The second-order valence-electron chi connectivity index (χ2n) is 5.12. The van der Waals surface area contributed by atoms with Crippen molar-refractivity contribution >= 4 is 43.9 Å². The molecule has 1 aromatic carbocycles. The second kappa shape index (κ2) is 6.68. The molecule has 1 amide bonds. The number of amides is 1. The van der Waals surface area contributed by atoms with Gasteiger partial charge in [-0.25, -0.2) is 8.42 Å². The number of pyridine rings is 1. The summed E-state index contributed by atoms with van der Waals surface area (Å²) in [6.45, 7) is -0.267. The first-order valence-corrected chi connectivity index (χ1v) is 9.44. The molecule has 6 nitrogen and oxygen atoms in total. The van der Waals surface area contributed by atoms with Gasteiger partial charge in [-0.2, -0.15) is 4.31 Å². The maximum atomic E-state index is 12.3. The van der Waals surface area contributed by atoms with Crippen molar-refractivity contribution in [1.82, 2.24) is 9.29 Å². The Morgan fingerprint density at radius 3 is 2.79 bits per heavy atom. The van der Waals surface area contributed by atoms with Gasteiger partial charge in [0.1, 0.15) is 4.21 Å². The van der Waals surface area contributed by atoms with E-state index in [-0.39, 0.29) is 10.8 Å². The number of hydrogen-bond acceptors (Lipinski definition) is 5. The number of thiophene rings is 1. The fourth-order valence-electron chi connectivity index (χ4n) is 2.25. The van der Waals surface area contributed by atoms with Gasteiger partial charge in [0.25, 0.3) is 10.0 Å². The molecule has 0 spiro atoms. The van der Waals surface area contributed by atoms with E-state index in [9.17, 15) is 13.2 Å². The number of benzene rings is 1. The number of carbonyl (C=O) groups is 1. The van der Waals surface area contributed by atoms with Gasteiger partial charge in [0.15, 0.2) is 0 Å². The second-order valence-corrected chi connectivity index (χ2v) is 8.34. The molecule has 2 aromatic heterocycles. The van der Waals surface area contributed by atoms with Crippen LogP contribution in [0, 0.1) is 0 Å². The van der Waals surface area contributed by atoms with Crippen molar-refractivity contribution in [2.24, 2.45) is 0 Å². The predicted octanol–water partition coefficient (Wildman–Crippen LogP) is 2.56. The zero-order valence-corrected chi connectivity index (χ0v) is 14.5. The van der Waals surface area contributed by atoms with Gasteiger partial charge in [0.05, 0.1) is 17.7 Å². The fraction of sp³-hybridized carbons (Fsp3) is 0.125. The Morgan fingerprint density at radius 1 is 1.21 bits per heavy atom. The van der Waals surface area contributed by atoms with Crippen molar-refractivity contribution in [1.29, 1.82) is 0 Å². The number of hydrogen-bond donors (Lipinski definition) is 1. The number of nitrogens with zero attached hydrogens (tertiary/aromatic N) is 2. The van der Waals surface area contributed by atoms with Crippen LogP contribution in [0.15, 0.2) is 58.3 Å². The smallest absolute Gasteiger partial charge is 0.252 e. The summed E-state index contributed by atoms with van der Waals surface area (Å²) in [6.07, 6.45) is 1.68. The predicted molar refractivity (Wildman–Crippen MR) is 94.5 cm³/mol. The molecule has 0 aliphatic rings. The highest BCUT2D eigenvalue weighted by Gasteiger charge is 2.23. The third-order valence-electron chi connectivity index (χ3n) is 3.45. The van der Waals surface area contributed by atoms with Crippen molar-refractivity contribution in [2.75, 3.05) is 18.9 Å². The molecule has 3 rings (SSSR count). The fourth-order valence-corrected chi connectivity index (χ4v) is 4.58. The van der Waals surface area contributed by atoms with Crippen molar-refractivity contribution < 1.29 is 13.2 Å². The molecule has 124 valence electrons. The molecule has 0 fully saturated rings. The molecule has 2 heterocycles. The van der Waals surface area contributed by atoms with Gasteiger partial charge in [-0.15, -0.1) is 11.3 Å². The van der Waals surface area contributed by atoms with Gasteiger partial charge < -0.3 is 5.32 Å². The molecule has 0 saturated carbocycles. The Hall–Kier alpha value is -2.29. The van der Waals surface area contributed by atoms with Crippen LogP contribution in [0.3, 0.4) is 0 Å². The number of likely N-dealkylation sites (N-methyl/N-ethyl adjacent to an activating group) is 1. The maximum Gasteiger partial charge on any atom is 0.252 e. The quantitative estimate of drug-likeness (QED) is 0.757. The average molecular weight is 361 g/mol. The molecule has 0 unspecified atom stereocenters. The minimum Gasteiger partial charge on any atom is -0.324 e. The van der Waals surface area contributed by atoms with Crippen LogP contribution in [0.25, 0.3) is 10.9 Å². The molecule has 3 aromatic rings. The van der Waals surface area contributed by atoms with Gasteiger partial charge in [-0.05, 0) is 35.7 Å².